The quantitative estimate of drug-likeness (QED) is 0.526. The minimum absolute atomic E-state index is 0.0365. The molecule has 1 heterocycles. The Hall–Kier alpha value is -1.62. The first kappa shape index (κ1) is 22.6. The van der Waals surface area contributed by atoms with Gasteiger partial charge in [-0.1, -0.05) is 19.9 Å². The first-order valence-electron chi connectivity index (χ1n) is 12.3. The maximum Gasteiger partial charge on any atom is 0.348 e. The second-order valence-electron chi connectivity index (χ2n) is 10.2. The van der Waals surface area contributed by atoms with Crippen molar-refractivity contribution in [3.8, 4) is 0 Å². The van der Waals surface area contributed by atoms with E-state index in [9.17, 15) is 14.7 Å². The number of carbonyl (C=O) groups excluding carboxylic acids is 1. The van der Waals surface area contributed by atoms with Gasteiger partial charge in [0.15, 0.2) is 0 Å². The van der Waals surface area contributed by atoms with Crippen molar-refractivity contribution >= 4 is 34.5 Å². The molecule has 2 saturated carbocycles. The van der Waals surface area contributed by atoms with Gasteiger partial charge in [-0.3, -0.25) is 4.79 Å². The Morgan fingerprint density at radius 1 is 0.968 bits per heavy atom. The molecule has 5 heteroatoms. The molecule has 2 fully saturated rings. The molecule has 0 saturated heterocycles. The van der Waals surface area contributed by atoms with E-state index in [0.717, 1.165) is 75.5 Å². The lowest BCUT2D eigenvalue weighted by Crippen LogP contribution is -2.46. The van der Waals surface area contributed by atoms with Gasteiger partial charge in [-0.2, -0.15) is 0 Å². The lowest BCUT2D eigenvalue weighted by Gasteiger charge is -2.39. The molecule has 1 aromatic heterocycles. The first-order chi connectivity index (χ1) is 14.9. The van der Waals surface area contributed by atoms with Gasteiger partial charge in [-0.25, -0.2) is 4.79 Å². The van der Waals surface area contributed by atoms with Crippen molar-refractivity contribution in [1.82, 2.24) is 0 Å². The van der Waals surface area contributed by atoms with E-state index in [4.69, 9.17) is 0 Å². The Kier molecular flexibility index (Phi) is 7.20. The van der Waals surface area contributed by atoms with Crippen LogP contribution in [0.1, 0.15) is 105 Å². The number of nitrogens with zero attached hydrogens (tertiary/aromatic N) is 1. The lowest BCUT2D eigenvalue weighted by molar-refractivity contribution is -0.124. The predicted octanol–water partition coefficient (Wildman–Crippen LogP) is 7.14. The van der Waals surface area contributed by atoms with Gasteiger partial charge in [0.2, 0.25) is 5.91 Å². The zero-order valence-electron chi connectivity index (χ0n) is 19.1. The van der Waals surface area contributed by atoms with Crippen molar-refractivity contribution in [2.24, 2.45) is 17.8 Å². The Labute approximate surface area is 190 Å². The Balaban J connectivity index is 1.70. The average Bonchev–Trinajstić information content (AvgIpc) is 3.22. The molecular weight excluding hydrogens is 406 g/mol. The van der Waals surface area contributed by atoms with Gasteiger partial charge in [0.05, 0.1) is 5.69 Å². The summed E-state index contributed by atoms with van der Waals surface area (Å²) in [5.41, 5.74) is 1.93. The Morgan fingerprint density at radius 2 is 1.61 bits per heavy atom. The van der Waals surface area contributed by atoms with E-state index in [1.54, 1.807) is 0 Å². The van der Waals surface area contributed by atoms with Crippen LogP contribution in [-0.4, -0.2) is 23.0 Å². The predicted molar refractivity (Wildman–Crippen MR) is 128 cm³/mol. The molecule has 1 amide bonds. The van der Waals surface area contributed by atoms with Gasteiger partial charge < -0.3 is 10.0 Å². The summed E-state index contributed by atoms with van der Waals surface area (Å²) < 4.78 is 0. The van der Waals surface area contributed by atoms with Crippen molar-refractivity contribution in [2.45, 2.75) is 96.9 Å². The van der Waals surface area contributed by atoms with Crippen LogP contribution in [0.4, 0.5) is 5.69 Å². The van der Waals surface area contributed by atoms with Crippen LogP contribution in [-0.2, 0) is 4.79 Å². The van der Waals surface area contributed by atoms with Gasteiger partial charge in [0.25, 0.3) is 0 Å². The van der Waals surface area contributed by atoms with Crippen LogP contribution in [0.15, 0.2) is 12.1 Å². The lowest BCUT2D eigenvalue weighted by atomic mass is 9.81. The number of allylic oxidation sites excluding steroid dienone is 2. The molecule has 4 nitrogen and oxygen atoms in total. The maximum atomic E-state index is 13.9. The highest BCUT2D eigenvalue weighted by Crippen LogP contribution is 2.42. The van der Waals surface area contributed by atoms with Gasteiger partial charge in [0.1, 0.15) is 4.88 Å². The molecule has 0 aliphatic heterocycles. The molecule has 0 unspecified atom stereocenters. The number of carbonyl (C=O) groups is 2. The van der Waals surface area contributed by atoms with Crippen LogP contribution in [0.25, 0.3) is 5.57 Å². The number of carboxylic acids is 1. The minimum atomic E-state index is -0.901. The van der Waals surface area contributed by atoms with Gasteiger partial charge >= 0.3 is 5.97 Å². The third-order valence-corrected chi connectivity index (χ3v) is 8.91. The summed E-state index contributed by atoms with van der Waals surface area (Å²) in [5.74, 6) is 0.689. The second kappa shape index (κ2) is 9.89. The summed E-state index contributed by atoms with van der Waals surface area (Å²) in [6.07, 6.45) is 14.9. The molecule has 31 heavy (non-hydrogen) atoms. The third kappa shape index (κ3) is 5.08. The molecule has 3 aliphatic carbocycles. The summed E-state index contributed by atoms with van der Waals surface area (Å²) >= 11 is 1.37. The highest BCUT2D eigenvalue weighted by atomic mass is 32.1. The van der Waals surface area contributed by atoms with Crippen molar-refractivity contribution in [3.05, 3.63) is 21.9 Å². The number of hydrogen-bond donors (Lipinski definition) is 1. The fourth-order valence-corrected chi connectivity index (χ4v) is 6.69. The molecule has 0 bridgehead atoms. The van der Waals surface area contributed by atoms with Crippen LogP contribution in [0.5, 0.6) is 0 Å². The monoisotopic (exact) mass is 443 g/mol. The maximum absolute atomic E-state index is 13.9. The molecular formula is C26H37NO3S. The number of rotatable bonds is 5. The molecule has 1 N–H and O–H groups in total. The van der Waals surface area contributed by atoms with Crippen LogP contribution >= 0.6 is 11.3 Å². The second-order valence-corrected chi connectivity index (χ2v) is 11.2. The van der Waals surface area contributed by atoms with Crippen molar-refractivity contribution in [1.29, 1.82) is 0 Å². The van der Waals surface area contributed by atoms with E-state index in [1.165, 1.54) is 23.3 Å². The average molecular weight is 444 g/mol. The molecule has 0 atom stereocenters. The Bertz CT molecular complexity index is 826. The summed E-state index contributed by atoms with van der Waals surface area (Å²) in [7, 11) is 0. The number of thiophene rings is 1. The molecule has 1 aromatic rings. The fourth-order valence-electron chi connectivity index (χ4n) is 5.63. The molecule has 0 radical (unpaired) electrons. The smallest absolute Gasteiger partial charge is 0.348 e. The first-order valence-corrected chi connectivity index (χ1v) is 13.1. The van der Waals surface area contributed by atoms with E-state index in [0.29, 0.717) is 22.4 Å². The number of anilines is 1. The zero-order valence-corrected chi connectivity index (χ0v) is 19.9. The number of aromatic carboxylic acids is 1. The molecule has 0 spiro atoms. The standard InChI is InChI=1S/C26H37NO3S/c1-17-8-12-20(13-9-17)25(28)27(21-14-10-18(2)11-15-21)22-16-23(31-24(22)26(29)30)19-6-4-3-5-7-19/h6,16-18,20-21H,3-5,7-15H2,1-2H3,(H,29,30). The fraction of sp³-hybridized carbons (Fsp3) is 0.692. The largest absolute Gasteiger partial charge is 0.477 e. The van der Waals surface area contributed by atoms with E-state index in [2.05, 4.69) is 19.9 Å². The third-order valence-electron chi connectivity index (χ3n) is 7.73. The Morgan fingerprint density at radius 3 is 2.19 bits per heavy atom. The van der Waals surface area contributed by atoms with Crippen molar-refractivity contribution in [3.63, 3.8) is 0 Å². The topological polar surface area (TPSA) is 57.6 Å². The van der Waals surface area contributed by atoms with Gasteiger partial charge in [0, 0.05) is 16.8 Å². The van der Waals surface area contributed by atoms with E-state index in [1.807, 2.05) is 11.0 Å². The van der Waals surface area contributed by atoms with Gasteiger partial charge in [-0.15, -0.1) is 11.3 Å². The highest BCUT2D eigenvalue weighted by molar-refractivity contribution is 7.15. The number of amides is 1. The normalized spacial score (nSPS) is 29.3. The highest BCUT2D eigenvalue weighted by Gasteiger charge is 2.37. The minimum Gasteiger partial charge on any atom is -0.477 e. The number of carboxylic acid groups (broad SMARTS) is 1. The van der Waals surface area contributed by atoms with Crippen LogP contribution in [0.3, 0.4) is 0 Å². The van der Waals surface area contributed by atoms with Crippen LogP contribution in [0, 0.1) is 17.8 Å². The van der Waals surface area contributed by atoms with Crippen molar-refractivity contribution in [2.75, 3.05) is 4.90 Å². The van der Waals surface area contributed by atoms with Gasteiger partial charge in [-0.05, 0) is 101 Å². The molecule has 170 valence electrons. The van der Waals surface area contributed by atoms with Crippen LogP contribution < -0.4 is 4.90 Å². The summed E-state index contributed by atoms with van der Waals surface area (Å²) in [4.78, 5) is 29.5. The zero-order chi connectivity index (χ0) is 22.0. The SMILES string of the molecule is CC1CCC(C(=O)N(c2cc(C3=CCCCC3)sc2C(=O)O)C2CCC(C)CC2)CC1. The summed E-state index contributed by atoms with van der Waals surface area (Å²) in [6.45, 7) is 4.55. The molecule has 4 rings (SSSR count). The molecule has 0 aromatic carbocycles. The summed E-state index contributed by atoms with van der Waals surface area (Å²) in [5, 5.41) is 10.0. The van der Waals surface area contributed by atoms with Crippen LogP contribution in [0.2, 0.25) is 0 Å². The van der Waals surface area contributed by atoms with E-state index in [-0.39, 0.29) is 17.9 Å². The van der Waals surface area contributed by atoms with E-state index < -0.39 is 5.97 Å². The van der Waals surface area contributed by atoms with Crippen molar-refractivity contribution < 1.29 is 14.7 Å². The van der Waals surface area contributed by atoms with E-state index >= 15 is 0 Å². The summed E-state index contributed by atoms with van der Waals surface area (Å²) in [6, 6.07) is 2.16. The molecule has 3 aliphatic rings. The number of hydrogen-bond acceptors (Lipinski definition) is 3.